The predicted octanol–water partition coefficient (Wildman–Crippen LogP) is 3.99. The summed E-state index contributed by atoms with van der Waals surface area (Å²) in [6.07, 6.45) is 4.23. The van der Waals surface area contributed by atoms with Gasteiger partial charge in [0.1, 0.15) is 11.5 Å². The van der Waals surface area contributed by atoms with E-state index in [1.807, 2.05) is 18.2 Å². The summed E-state index contributed by atoms with van der Waals surface area (Å²) in [5, 5.41) is 0. The van der Waals surface area contributed by atoms with Crippen molar-refractivity contribution in [1.29, 1.82) is 0 Å². The fraction of sp³-hybridized carbons (Fsp3) is 0.571. The van der Waals surface area contributed by atoms with E-state index in [0.717, 1.165) is 47.5 Å². The standard InChI is InChI=1S/C14H19IO3/c1-2-8-16-11-6-7-13(12(15)10-11)18-14-5-3-4-9-17-14/h6-7,10,14H,2-5,8-9H2,1H3. The maximum Gasteiger partial charge on any atom is 0.199 e. The van der Waals surface area contributed by atoms with Gasteiger partial charge in [0.05, 0.1) is 16.8 Å². The molecule has 1 unspecified atom stereocenters. The zero-order valence-corrected chi connectivity index (χ0v) is 12.8. The van der Waals surface area contributed by atoms with Crippen LogP contribution in [0.4, 0.5) is 0 Å². The Morgan fingerprint density at radius 2 is 2.28 bits per heavy atom. The van der Waals surface area contributed by atoms with E-state index in [2.05, 4.69) is 29.5 Å². The van der Waals surface area contributed by atoms with E-state index in [-0.39, 0.29) is 6.29 Å². The molecule has 0 amide bonds. The molecule has 1 aromatic rings. The largest absolute Gasteiger partial charge is 0.494 e. The summed E-state index contributed by atoms with van der Waals surface area (Å²) in [6.45, 7) is 3.66. The number of benzene rings is 1. The molecule has 0 aliphatic carbocycles. The van der Waals surface area contributed by atoms with Gasteiger partial charge in [-0.3, -0.25) is 0 Å². The van der Waals surface area contributed by atoms with Crippen LogP contribution in [0.5, 0.6) is 11.5 Å². The summed E-state index contributed by atoms with van der Waals surface area (Å²) in [7, 11) is 0. The van der Waals surface area contributed by atoms with Gasteiger partial charge in [-0.15, -0.1) is 0 Å². The lowest BCUT2D eigenvalue weighted by Gasteiger charge is -2.24. The molecule has 1 saturated heterocycles. The Morgan fingerprint density at radius 1 is 1.39 bits per heavy atom. The highest BCUT2D eigenvalue weighted by atomic mass is 127. The molecule has 4 heteroatoms. The quantitative estimate of drug-likeness (QED) is 0.742. The van der Waals surface area contributed by atoms with Crippen LogP contribution in [0.2, 0.25) is 0 Å². The monoisotopic (exact) mass is 362 g/mol. The van der Waals surface area contributed by atoms with E-state index in [1.54, 1.807) is 0 Å². The molecule has 0 bridgehead atoms. The average Bonchev–Trinajstić information content (AvgIpc) is 2.40. The Morgan fingerprint density at radius 3 is 2.94 bits per heavy atom. The highest BCUT2D eigenvalue weighted by Gasteiger charge is 2.16. The van der Waals surface area contributed by atoms with Gasteiger partial charge >= 0.3 is 0 Å². The molecule has 1 heterocycles. The first-order valence-electron chi connectivity index (χ1n) is 6.50. The van der Waals surface area contributed by atoms with Gasteiger partial charge in [-0.25, -0.2) is 0 Å². The molecule has 3 nitrogen and oxygen atoms in total. The lowest BCUT2D eigenvalue weighted by Crippen LogP contribution is -2.25. The molecule has 100 valence electrons. The predicted molar refractivity (Wildman–Crippen MR) is 79.2 cm³/mol. The number of rotatable bonds is 5. The third kappa shape index (κ3) is 4.02. The SMILES string of the molecule is CCCOc1ccc(OC2CCCCO2)c(I)c1. The van der Waals surface area contributed by atoms with E-state index in [4.69, 9.17) is 14.2 Å². The van der Waals surface area contributed by atoms with Crippen LogP contribution in [0.25, 0.3) is 0 Å². The van der Waals surface area contributed by atoms with E-state index in [0.29, 0.717) is 0 Å². The fourth-order valence-electron chi connectivity index (χ4n) is 1.83. The van der Waals surface area contributed by atoms with Gasteiger partial charge < -0.3 is 14.2 Å². The molecule has 1 aliphatic rings. The topological polar surface area (TPSA) is 27.7 Å². The van der Waals surface area contributed by atoms with Crippen LogP contribution >= 0.6 is 22.6 Å². The molecule has 0 N–H and O–H groups in total. The minimum absolute atomic E-state index is 0.0883. The Bertz CT molecular complexity index is 375. The molecule has 1 atom stereocenters. The lowest BCUT2D eigenvalue weighted by molar-refractivity contribution is -0.106. The third-order valence-corrected chi connectivity index (χ3v) is 3.62. The number of ether oxygens (including phenoxy) is 3. The van der Waals surface area contributed by atoms with Gasteiger partial charge in [0.25, 0.3) is 0 Å². The first-order valence-corrected chi connectivity index (χ1v) is 7.58. The van der Waals surface area contributed by atoms with E-state index >= 15 is 0 Å². The van der Waals surface area contributed by atoms with E-state index < -0.39 is 0 Å². The summed E-state index contributed by atoms with van der Waals surface area (Å²) < 4.78 is 18.1. The normalized spacial score (nSPS) is 19.6. The highest BCUT2D eigenvalue weighted by molar-refractivity contribution is 14.1. The van der Waals surface area contributed by atoms with Crippen molar-refractivity contribution in [3.8, 4) is 11.5 Å². The van der Waals surface area contributed by atoms with Crippen LogP contribution in [0.1, 0.15) is 32.6 Å². The Hall–Kier alpha value is -0.490. The second kappa shape index (κ2) is 7.19. The van der Waals surface area contributed by atoms with Crippen molar-refractivity contribution in [2.45, 2.75) is 38.9 Å². The third-order valence-electron chi connectivity index (χ3n) is 2.77. The minimum Gasteiger partial charge on any atom is -0.494 e. The maximum atomic E-state index is 5.86. The van der Waals surface area contributed by atoms with Crippen LogP contribution in [0.3, 0.4) is 0 Å². The zero-order chi connectivity index (χ0) is 12.8. The molecule has 1 aromatic carbocycles. The first kappa shape index (κ1) is 13.9. The van der Waals surface area contributed by atoms with Crippen LogP contribution in [-0.2, 0) is 4.74 Å². The number of halogens is 1. The van der Waals surface area contributed by atoms with Gasteiger partial charge in [0.2, 0.25) is 0 Å². The van der Waals surface area contributed by atoms with E-state index in [1.165, 1.54) is 6.42 Å². The van der Waals surface area contributed by atoms with Crippen molar-refractivity contribution >= 4 is 22.6 Å². The zero-order valence-electron chi connectivity index (χ0n) is 10.7. The molecular weight excluding hydrogens is 343 g/mol. The molecule has 1 fully saturated rings. The van der Waals surface area contributed by atoms with Crippen LogP contribution < -0.4 is 9.47 Å². The van der Waals surface area contributed by atoms with E-state index in [9.17, 15) is 0 Å². The van der Waals surface area contributed by atoms with Gasteiger partial charge in [0.15, 0.2) is 6.29 Å². The average molecular weight is 362 g/mol. The molecule has 0 radical (unpaired) electrons. The minimum atomic E-state index is -0.0883. The molecule has 0 saturated carbocycles. The second-order valence-electron chi connectivity index (χ2n) is 4.35. The second-order valence-corrected chi connectivity index (χ2v) is 5.52. The van der Waals surface area contributed by atoms with Gasteiger partial charge in [-0.2, -0.15) is 0 Å². The van der Waals surface area contributed by atoms with Crippen molar-refractivity contribution in [3.05, 3.63) is 21.8 Å². The van der Waals surface area contributed by atoms with Crippen molar-refractivity contribution in [3.63, 3.8) is 0 Å². The Kier molecular flexibility index (Phi) is 5.56. The van der Waals surface area contributed by atoms with Crippen LogP contribution in [0.15, 0.2) is 18.2 Å². The smallest absolute Gasteiger partial charge is 0.199 e. The van der Waals surface area contributed by atoms with Gasteiger partial charge in [-0.1, -0.05) is 6.92 Å². The van der Waals surface area contributed by atoms with Crippen molar-refractivity contribution in [2.75, 3.05) is 13.2 Å². The lowest BCUT2D eigenvalue weighted by atomic mass is 10.2. The summed E-state index contributed by atoms with van der Waals surface area (Å²) in [4.78, 5) is 0. The fourth-order valence-corrected chi connectivity index (χ4v) is 2.45. The summed E-state index contributed by atoms with van der Waals surface area (Å²) in [6, 6.07) is 5.93. The summed E-state index contributed by atoms with van der Waals surface area (Å²) >= 11 is 2.27. The molecule has 2 rings (SSSR count). The molecular formula is C14H19IO3. The van der Waals surface area contributed by atoms with Crippen LogP contribution in [-0.4, -0.2) is 19.5 Å². The van der Waals surface area contributed by atoms with Gasteiger partial charge in [0, 0.05) is 6.42 Å². The Balaban J connectivity index is 1.95. The van der Waals surface area contributed by atoms with Gasteiger partial charge in [-0.05, 0) is 60.1 Å². The molecule has 1 aliphatic heterocycles. The summed E-state index contributed by atoms with van der Waals surface area (Å²) in [5.74, 6) is 1.78. The maximum absolute atomic E-state index is 5.86. The van der Waals surface area contributed by atoms with Crippen molar-refractivity contribution in [2.24, 2.45) is 0 Å². The van der Waals surface area contributed by atoms with Crippen LogP contribution in [0, 0.1) is 3.57 Å². The Labute approximate surface area is 122 Å². The summed E-state index contributed by atoms with van der Waals surface area (Å²) in [5.41, 5.74) is 0. The molecule has 0 spiro atoms. The molecule has 0 aromatic heterocycles. The number of hydrogen-bond donors (Lipinski definition) is 0. The van der Waals surface area contributed by atoms with Crippen molar-refractivity contribution < 1.29 is 14.2 Å². The molecule has 18 heavy (non-hydrogen) atoms. The van der Waals surface area contributed by atoms with Crippen molar-refractivity contribution in [1.82, 2.24) is 0 Å². The first-order chi connectivity index (χ1) is 8.79. The number of hydrogen-bond acceptors (Lipinski definition) is 3. The highest BCUT2D eigenvalue weighted by Crippen LogP contribution is 2.28.